The molecule has 0 radical (unpaired) electrons. The van der Waals surface area contributed by atoms with Crippen LogP contribution in [0.4, 0.5) is 0 Å². The molecule has 16 heavy (non-hydrogen) atoms. The molecule has 1 fully saturated rings. The highest BCUT2D eigenvalue weighted by Gasteiger charge is 2.34. The zero-order valence-electron chi connectivity index (χ0n) is 9.56. The molecule has 2 atom stereocenters. The van der Waals surface area contributed by atoms with Gasteiger partial charge < -0.3 is 5.11 Å². The molecule has 0 aromatic heterocycles. The van der Waals surface area contributed by atoms with Crippen LogP contribution >= 0.6 is 11.6 Å². The summed E-state index contributed by atoms with van der Waals surface area (Å²) in [5.41, 5.74) is 0.610. The van der Waals surface area contributed by atoms with Gasteiger partial charge in [-0.2, -0.15) is 0 Å². The second-order valence-corrected chi connectivity index (χ2v) is 4.75. The first-order chi connectivity index (χ1) is 7.53. The van der Waals surface area contributed by atoms with E-state index in [1.54, 1.807) is 17.0 Å². The molecule has 1 heterocycles. The monoisotopic (exact) mass is 239 g/mol. The molecule has 3 nitrogen and oxygen atoms in total. The average Bonchev–Trinajstić information content (AvgIpc) is 2.61. The van der Waals surface area contributed by atoms with Crippen LogP contribution in [-0.2, 0) is 5.18 Å². The van der Waals surface area contributed by atoms with Gasteiger partial charge in [-0.15, -0.1) is 11.6 Å². The van der Waals surface area contributed by atoms with Crippen LogP contribution in [-0.4, -0.2) is 36.1 Å². The molecule has 4 heteroatoms. The van der Waals surface area contributed by atoms with Crippen LogP contribution in [0.2, 0.25) is 0 Å². The molecule has 0 bridgehead atoms. The molecule has 0 N–H and O–H groups in total. The van der Waals surface area contributed by atoms with Gasteiger partial charge in [-0.3, -0.25) is 9.80 Å². The van der Waals surface area contributed by atoms with Gasteiger partial charge in [-0.25, -0.2) is 0 Å². The Kier molecular flexibility index (Phi) is 3.22. The lowest BCUT2D eigenvalue weighted by Crippen LogP contribution is -2.54. The van der Waals surface area contributed by atoms with E-state index in [9.17, 15) is 5.11 Å². The Hall–Kier alpha value is -0.610. The summed E-state index contributed by atoms with van der Waals surface area (Å²) >= 11 is 6.17. The van der Waals surface area contributed by atoms with Gasteiger partial charge in [0.1, 0.15) is 0 Å². The van der Waals surface area contributed by atoms with Crippen LogP contribution in [0.5, 0.6) is 0 Å². The fraction of sp³-hybridized carbons (Fsp3) is 0.500. The van der Waals surface area contributed by atoms with Crippen molar-refractivity contribution in [3.8, 4) is 0 Å². The topological polar surface area (TPSA) is 29.5 Å². The molecule has 0 spiro atoms. The van der Waals surface area contributed by atoms with Gasteiger partial charge >= 0.3 is 0 Å². The standard InChI is InChI=1S/C12H16ClN2O/c1-10-14(2)8-9-15(10)12(13,16)11-6-4-3-5-7-11/h3-7,10H,8-9H2,1-2H3/q-1. The quantitative estimate of drug-likeness (QED) is 0.570. The van der Waals surface area contributed by atoms with Crippen LogP contribution in [0.15, 0.2) is 30.3 Å². The molecular formula is C12H16ClN2O-. The van der Waals surface area contributed by atoms with Crippen molar-refractivity contribution in [2.24, 2.45) is 0 Å². The van der Waals surface area contributed by atoms with Gasteiger partial charge in [0.2, 0.25) is 0 Å². The third-order valence-electron chi connectivity index (χ3n) is 3.28. The van der Waals surface area contributed by atoms with E-state index in [2.05, 4.69) is 4.90 Å². The maximum atomic E-state index is 12.5. The van der Waals surface area contributed by atoms with Gasteiger partial charge in [0.25, 0.3) is 0 Å². The number of alkyl halides is 1. The third kappa shape index (κ3) is 1.96. The highest BCUT2D eigenvalue weighted by molar-refractivity contribution is 6.22. The SMILES string of the molecule is CC1N(C)CCN1C([O-])(Cl)c1ccccc1. The Morgan fingerprint density at radius 3 is 2.44 bits per heavy atom. The minimum atomic E-state index is -1.66. The van der Waals surface area contributed by atoms with E-state index in [0.717, 1.165) is 6.54 Å². The zero-order valence-corrected chi connectivity index (χ0v) is 10.3. The molecule has 1 aromatic carbocycles. The van der Waals surface area contributed by atoms with Gasteiger partial charge in [0.05, 0.1) is 6.17 Å². The van der Waals surface area contributed by atoms with Crippen LogP contribution < -0.4 is 5.11 Å². The number of benzene rings is 1. The molecule has 0 saturated carbocycles. The lowest BCUT2D eigenvalue weighted by molar-refractivity contribution is -0.495. The Labute approximate surface area is 101 Å². The molecule has 2 unspecified atom stereocenters. The largest absolute Gasteiger partial charge is 0.822 e. The van der Waals surface area contributed by atoms with Crippen molar-refractivity contribution < 1.29 is 5.11 Å². The second kappa shape index (κ2) is 4.34. The summed E-state index contributed by atoms with van der Waals surface area (Å²) in [5.74, 6) is 0. The minimum Gasteiger partial charge on any atom is -0.822 e. The summed E-state index contributed by atoms with van der Waals surface area (Å²) in [6.07, 6.45) is 0.0789. The predicted octanol–water partition coefficient (Wildman–Crippen LogP) is 0.989. The lowest BCUT2D eigenvalue weighted by atomic mass is 10.1. The van der Waals surface area contributed by atoms with E-state index >= 15 is 0 Å². The van der Waals surface area contributed by atoms with Crippen molar-refractivity contribution in [2.75, 3.05) is 20.1 Å². The Balaban J connectivity index is 2.26. The molecular weight excluding hydrogens is 224 g/mol. The molecule has 1 aromatic rings. The lowest BCUT2D eigenvalue weighted by Gasteiger charge is -2.45. The van der Waals surface area contributed by atoms with Crippen molar-refractivity contribution in [3.63, 3.8) is 0 Å². The van der Waals surface area contributed by atoms with Gasteiger partial charge in [0, 0.05) is 18.3 Å². The van der Waals surface area contributed by atoms with Gasteiger partial charge in [-0.05, 0) is 19.5 Å². The van der Waals surface area contributed by atoms with E-state index in [0.29, 0.717) is 12.1 Å². The molecule has 0 amide bonds. The fourth-order valence-electron chi connectivity index (χ4n) is 2.07. The Bertz CT molecular complexity index is 355. The van der Waals surface area contributed by atoms with E-state index in [1.165, 1.54) is 0 Å². The van der Waals surface area contributed by atoms with E-state index in [1.807, 2.05) is 32.2 Å². The van der Waals surface area contributed by atoms with E-state index < -0.39 is 5.18 Å². The summed E-state index contributed by atoms with van der Waals surface area (Å²) in [7, 11) is 2.00. The maximum Gasteiger partial charge on any atom is 0.0598 e. The van der Waals surface area contributed by atoms with Crippen molar-refractivity contribution in [3.05, 3.63) is 35.9 Å². The first-order valence-corrected chi connectivity index (χ1v) is 5.83. The van der Waals surface area contributed by atoms with Crippen molar-refractivity contribution >= 4 is 11.6 Å². The number of hydrogen-bond donors (Lipinski definition) is 0. The normalized spacial score (nSPS) is 26.9. The van der Waals surface area contributed by atoms with Gasteiger partial charge in [0.15, 0.2) is 0 Å². The fourth-order valence-corrected chi connectivity index (χ4v) is 2.42. The molecule has 2 rings (SSSR count). The molecule has 1 aliphatic heterocycles. The number of likely N-dealkylation sites (N-methyl/N-ethyl adjacent to an activating group) is 1. The van der Waals surface area contributed by atoms with Gasteiger partial charge in [-0.1, -0.05) is 30.3 Å². The summed E-state index contributed by atoms with van der Waals surface area (Å²) in [5, 5.41) is 10.9. The maximum absolute atomic E-state index is 12.5. The predicted molar refractivity (Wildman–Crippen MR) is 62.8 cm³/mol. The molecule has 1 aliphatic rings. The molecule has 1 saturated heterocycles. The number of nitrogens with zero attached hydrogens (tertiary/aromatic N) is 2. The Morgan fingerprint density at radius 2 is 1.94 bits per heavy atom. The smallest absolute Gasteiger partial charge is 0.0598 e. The molecule has 88 valence electrons. The number of hydrogen-bond acceptors (Lipinski definition) is 3. The number of halogens is 1. The van der Waals surface area contributed by atoms with Crippen LogP contribution in [0.25, 0.3) is 0 Å². The van der Waals surface area contributed by atoms with E-state index in [-0.39, 0.29) is 6.17 Å². The highest BCUT2D eigenvalue weighted by Crippen LogP contribution is 2.31. The summed E-state index contributed by atoms with van der Waals surface area (Å²) in [6, 6.07) is 9.13. The second-order valence-electron chi connectivity index (χ2n) is 4.23. The van der Waals surface area contributed by atoms with Crippen molar-refractivity contribution in [1.82, 2.24) is 9.80 Å². The van der Waals surface area contributed by atoms with Crippen molar-refractivity contribution in [2.45, 2.75) is 18.3 Å². The zero-order chi connectivity index (χ0) is 11.8. The molecule has 0 aliphatic carbocycles. The first-order valence-electron chi connectivity index (χ1n) is 5.45. The van der Waals surface area contributed by atoms with Crippen molar-refractivity contribution in [1.29, 1.82) is 0 Å². The average molecular weight is 240 g/mol. The summed E-state index contributed by atoms with van der Waals surface area (Å²) in [4.78, 5) is 3.90. The summed E-state index contributed by atoms with van der Waals surface area (Å²) in [6.45, 7) is 3.59. The van der Waals surface area contributed by atoms with E-state index in [4.69, 9.17) is 11.6 Å². The van der Waals surface area contributed by atoms with Crippen LogP contribution in [0.1, 0.15) is 12.5 Å². The van der Waals surface area contributed by atoms with Crippen LogP contribution in [0, 0.1) is 0 Å². The first kappa shape index (κ1) is 11.9. The summed E-state index contributed by atoms with van der Waals surface area (Å²) < 4.78 is 0. The number of rotatable bonds is 2. The highest BCUT2D eigenvalue weighted by atomic mass is 35.5. The van der Waals surface area contributed by atoms with Crippen LogP contribution in [0.3, 0.4) is 0 Å². The third-order valence-corrected chi connectivity index (χ3v) is 3.72. The Morgan fingerprint density at radius 1 is 1.31 bits per heavy atom. The minimum absolute atomic E-state index is 0.0789.